The van der Waals surface area contributed by atoms with Crippen LogP contribution in [0.2, 0.25) is 10.0 Å². The van der Waals surface area contributed by atoms with Crippen molar-refractivity contribution in [1.82, 2.24) is 5.43 Å². The van der Waals surface area contributed by atoms with Gasteiger partial charge in [0.25, 0.3) is 5.91 Å². The molecule has 0 atom stereocenters. The van der Waals surface area contributed by atoms with Gasteiger partial charge in [-0.2, -0.15) is 0 Å². The zero-order valence-electron chi connectivity index (χ0n) is 12.5. The number of nitrogens with one attached hydrogen (secondary N) is 3. The number of hydrogen-bond acceptors (Lipinski definition) is 4. The number of benzene rings is 2. The first-order chi connectivity index (χ1) is 11.4. The van der Waals surface area contributed by atoms with Gasteiger partial charge in [-0.15, -0.1) is 0 Å². The van der Waals surface area contributed by atoms with Crippen LogP contribution in [-0.2, 0) is 0 Å². The van der Waals surface area contributed by atoms with Crippen LogP contribution in [-0.4, -0.2) is 19.0 Å². The summed E-state index contributed by atoms with van der Waals surface area (Å²) < 4.78 is 5.08. The molecular formula is C15H14Cl2N4O3. The van der Waals surface area contributed by atoms with Gasteiger partial charge in [-0.05, 0) is 30.3 Å². The number of amides is 3. The summed E-state index contributed by atoms with van der Waals surface area (Å²) in [7, 11) is 1.47. The molecule has 0 saturated carbocycles. The quantitative estimate of drug-likeness (QED) is 0.377. The number of hydrogen-bond donors (Lipinski definition) is 4. The Morgan fingerprint density at radius 3 is 2.29 bits per heavy atom. The lowest BCUT2D eigenvalue weighted by atomic mass is 10.1. The zero-order valence-corrected chi connectivity index (χ0v) is 14.0. The second kappa shape index (κ2) is 7.87. The maximum atomic E-state index is 12.2. The summed E-state index contributed by atoms with van der Waals surface area (Å²) in [5.74, 6) is 5.05. The molecule has 0 aliphatic heterocycles. The highest BCUT2D eigenvalue weighted by atomic mass is 35.5. The molecule has 0 bridgehead atoms. The highest BCUT2D eigenvalue weighted by Crippen LogP contribution is 2.24. The molecule has 7 nitrogen and oxygen atoms in total. The van der Waals surface area contributed by atoms with Crippen molar-refractivity contribution < 1.29 is 14.3 Å². The molecule has 2 aromatic rings. The summed E-state index contributed by atoms with van der Waals surface area (Å²) in [6.07, 6.45) is 0. The van der Waals surface area contributed by atoms with Crippen LogP contribution < -0.4 is 26.6 Å². The average Bonchev–Trinajstić information content (AvgIpc) is 2.52. The maximum Gasteiger partial charge on any atom is 0.323 e. The predicted molar refractivity (Wildman–Crippen MR) is 93.8 cm³/mol. The van der Waals surface area contributed by atoms with E-state index in [1.807, 2.05) is 5.43 Å². The zero-order chi connectivity index (χ0) is 17.7. The van der Waals surface area contributed by atoms with Crippen LogP contribution in [0.5, 0.6) is 5.75 Å². The molecular weight excluding hydrogens is 355 g/mol. The molecule has 2 rings (SSSR count). The van der Waals surface area contributed by atoms with Crippen molar-refractivity contribution in [1.29, 1.82) is 0 Å². The predicted octanol–water partition coefficient (Wildman–Crippen LogP) is 3.25. The molecule has 0 fully saturated rings. The van der Waals surface area contributed by atoms with Gasteiger partial charge in [-0.1, -0.05) is 23.2 Å². The van der Waals surface area contributed by atoms with Gasteiger partial charge in [0.15, 0.2) is 0 Å². The Balaban J connectivity index is 2.22. The number of carbonyl (C=O) groups is 2. The van der Waals surface area contributed by atoms with Crippen molar-refractivity contribution in [3.63, 3.8) is 0 Å². The molecule has 0 aliphatic carbocycles. The Kier molecular flexibility index (Phi) is 5.86. The van der Waals surface area contributed by atoms with Crippen molar-refractivity contribution in [3.8, 4) is 5.75 Å². The molecule has 2 aromatic carbocycles. The van der Waals surface area contributed by atoms with Crippen LogP contribution in [0, 0.1) is 0 Å². The minimum Gasteiger partial charge on any atom is -0.497 e. The molecule has 0 aromatic heterocycles. The van der Waals surface area contributed by atoms with Crippen LogP contribution in [0.4, 0.5) is 16.2 Å². The van der Waals surface area contributed by atoms with Crippen molar-refractivity contribution >= 4 is 46.5 Å². The van der Waals surface area contributed by atoms with E-state index in [4.69, 9.17) is 33.8 Å². The molecule has 126 valence electrons. The Morgan fingerprint density at radius 2 is 1.71 bits per heavy atom. The van der Waals surface area contributed by atoms with Crippen LogP contribution in [0.25, 0.3) is 0 Å². The number of rotatable bonds is 4. The van der Waals surface area contributed by atoms with Gasteiger partial charge >= 0.3 is 6.03 Å². The summed E-state index contributed by atoms with van der Waals surface area (Å²) in [6, 6.07) is 8.57. The number of nitrogen functional groups attached to an aromatic ring is 1. The van der Waals surface area contributed by atoms with Gasteiger partial charge in [0.1, 0.15) is 5.75 Å². The molecule has 24 heavy (non-hydrogen) atoms. The topological polar surface area (TPSA) is 105 Å². The lowest BCUT2D eigenvalue weighted by Crippen LogP contribution is -2.31. The first kappa shape index (κ1) is 17.9. The standard InChI is InChI=1S/C15H14Cl2N4O3/c1-24-11-2-3-12(14(22)21-18)13(7-11)20-15(23)19-10-5-8(16)4-9(17)6-10/h2-7H,18H2,1H3,(H,21,22)(H2,19,20,23). The molecule has 0 heterocycles. The highest BCUT2D eigenvalue weighted by Gasteiger charge is 2.14. The number of ether oxygens (including phenoxy) is 1. The third-order valence-corrected chi connectivity index (χ3v) is 3.41. The van der Waals surface area contributed by atoms with Crippen molar-refractivity contribution in [2.75, 3.05) is 17.7 Å². The van der Waals surface area contributed by atoms with E-state index in [9.17, 15) is 9.59 Å². The third kappa shape index (κ3) is 4.51. The van der Waals surface area contributed by atoms with E-state index in [1.54, 1.807) is 6.07 Å². The number of halogens is 2. The molecule has 0 saturated heterocycles. The Labute approximate surface area is 148 Å². The van der Waals surface area contributed by atoms with Gasteiger partial charge in [0.2, 0.25) is 0 Å². The van der Waals surface area contributed by atoms with E-state index in [0.29, 0.717) is 21.5 Å². The van der Waals surface area contributed by atoms with Gasteiger partial charge in [0.05, 0.1) is 18.4 Å². The molecule has 3 amide bonds. The summed E-state index contributed by atoms with van der Waals surface area (Å²) >= 11 is 11.8. The summed E-state index contributed by atoms with van der Waals surface area (Å²) in [5, 5.41) is 5.88. The number of anilines is 2. The molecule has 5 N–H and O–H groups in total. The van der Waals surface area contributed by atoms with E-state index in [2.05, 4.69) is 10.6 Å². The average molecular weight is 369 g/mol. The highest BCUT2D eigenvalue weighted by molar-refractivity contribution is 6.35. The van der Waals surface area contributed by atoms with Crippen LogP contribution >= 0.6 is 23.2 Å². The van der Waals surface area contributed by atoms with Crippen molar-refractivity contribution in [2.24, 2.45) is 5.84 Å². The second-order valence-corrected chi connectivity index (χ2v) is 5.50. The first-order valence-corrected chi connectivity index (χ1v) is 7.41. The molecule has 0 aliphatic rings. The molecule has 0 radical (unpaired) electrons. The third-order valence-electron chi connectivity index (χ3n) is 2.97. The number of nitrogens with two attached hydrogens (primary N) is 1. The van der Waals surface area contributed by atoms with E-state index in [0.717, 1.165) is 0 Å². The smallest absolute Gasteiger partial charge is 0.323 e. The summed E-state index contributed by atoms with van der Waals surface area (Å²) in [4.78, 5) is 23.9. The fraction of sp³-hybridized carbons (Fsp3) is 0.0667. The Morgan fingerprint density at radius 1 is 1.04 bits per heavy atom. The van der Waals surface area contributed by atoms with E-state index in [1.165, 1.54) is 37.4 Å². The lowest BCUT2D eigenvalue weighted by molar-refractivity contribution is 0.0954. The summed E-state index contributed by atoms with van der Waals surface area (Å²) in [5.41, 5.74) is 2.81. The van der Waals surface area contributed by atoms with E-state index >= 15 is 0 Å². The first-order valence-electron chi connectivity index (χ1n) is 6.66. The number of hydrazine groups is 1. The lowest BCUT2D eigenvalue weighted by Gasteiger charge is -2.13. The Bertz CT molecular complexity index is 763. The molecule has 0 unspecified atom stereocenters. The van der Waals surface area contributed by atoms with Crippen molar-refractivity contribution in [2.45, 2.75) is 0 Å². The van der Waals surface area contributed by atoms with Gasteiger partial charge in [0, 0.05) is 21.8 Å². The number of urea groups is 1. The summed E-state index contributed by atoms with van der Waals surface area (Å²) in [6.45, 7) is 0. The van der Waals surface area contributed by atoms with Crippen LogP contribution in [0.3, 0.4) is 0 Å². The van der Waals surface area contributed by atoms with Crippen LogP contribution in [0.1, 0.15) is 10.4 Å². The second-order valence-electron chi connectivity index (χ2n) is 4.62. The molecule has 0 spiro atoms. The fourth-order valence-corrected chi connectivity index (χ4v) is 2.47. The van der Waals surface area contributed by atoms with Gasteiger partial charge in [-0.25, -0.2) is 10.6 Å². The monoisotopic (exact) mass is 368 g/mol. The number of methoxy groups -OCH3 is 1. The van der Waals surface area contributed by atoms with Crippen molar-refractivity contribution in [3.05, 3.63) is 52.0 Å². The van der Waals surface area contributed by atoms with E-state index < -0.39 is 11.9 Å². The Hall–Kier alpha value is -2.48. The molecule has 9 heteroatoms. The largest absolute Gasteiger partial charge is 0.497 e. The van der Waals surface area contributed by atoms with E-state index in [-0.39, 0.29) is 11.3 Å². The SMILES string of the molecule is COc1ccc(C(=O)NN)c(NC(=O)Nc2cc(Cl)cc(Cl)c2)c1. The number of carbonyl (C=O) groups excluding carboxylic acids is 2. The fourth-order valence-electron chi connectivity index (χ4n) is 1.94. The van der Waals surface area contributed by atoms with Crippen LogP contribution in [0.15, 0.2) is 36.4 Å². The normalized spacial score (nSPS) is 10.0. The van der Waals surface area contributed by atoms with Gasteiger partial charge in [-0.3, -0.25) is 10.2 Å². The minimum atomic E-state index is -0.590. The van der Waals surface area contributed by atoms with Gasteiger partial charge < -0.3 is 15.4 Å². The maximum absolute atomic E-state index is 12.2. The minimum absolute atomic E-state index is 0.178.